The molecule has 0 bridgehead atoms. The van der Waals surface area contributed by atoms with Crippen LogP contribution in [0, 0.1) is 0 Å². The molecule has 0 radical (unpaired) electrons. The quantitative estimate of drug-likeness (QED) is 0.197. The lowest BCUT2D eigenvalue weighted by Crippen LogP contribution is -2.16. The van der Waals surface area contributed by atoms with Gasteiger partial charge in [0.05, 0.1) is 0 Å². The molecule has 0 aliphatic rings. The molecule has 154 valence electrons. The predicted molar refractivity (Wildman–Crippen MR) is 107 cm³/mol. The van der Waals surface area contributed by atoms with Crippen LogP contribution in [-0.4, -0.2) is 32.0 Å². The minimum Gasteiger partial charge on any atom is -0.425 e. The fourth-order valence-corrected chi connectivity index (χ4v) is 3.39. The molecule has 1 aromatic carbocycles. The molecule has 0 aliphatic carbocycles. The first-order chi connectivity index (χ1) is 12.9. The molecule has 0 fully saturated rings. The number of carbonyl (C=O) groups excluding carboxylic acids is 1. The van der Waals surface area contributed by atoms with E-state index < -0.39 is 21.0 Å². The maximum absolute atomic E-state index is 11.9. The van der Waals surface area contributed by atoms with Gasteiger partial charge in [-0.15, -0.1) is 0 Å². The number of hydrogen-bond donors (Lipinski definition) is 2. The Labute approximate surface area is 163 Å². The molecule has 0 unspecified atom stereocenters. The second-order valence-electron chi connectivity index (χ2n) is 6.72. The summed E-state index contributed by atoms with van der Waals surface area (Å²) in [5, 5.41) is 3.42. The molecule has 6 nitrogen and oxygen atoms in total. The van der Waals surface area contributed by atoms with Gasteiger partial charge in [-0.2, -0.15) is 8.42 Å². The summed E-state index contributed by atoms with van der Waals surface area (Å²) in [7, 11) is -4.41. The molecular weight excluding hydrogens is 366 g/mol. The molecule has 0 heterocycles. The number of para-hydroxylation sites is 1. The molecule has 27 heavy (non-hydrogen) atoms. The van der Waals surface area contributed by atoms with Crippen LogP contribution in [0.25, 0.3) is 0 Å². The Hall–Kier alpha value is -1.44. The van der Waals surface area contributed by atoms with E-state index in [1.54, 1.807) is 6.07 Å². The van der Waals surface area contributed by atoms with E-state index in [-0.39, 0.29) is 12.2 Å². The summed E-state index contributed by atoms with van der Waals surface area (Å²) >= 11 is 0. The first kappa shape index (κ1) is 23.6. The smallest absolute Gasteiger partial charge is 0.311 e. The molecule has 0 aliphatic heterocycles. The number of benzene rings is 1. The lowest BCUT2D eigenvalue weighted by atomic mass is 10.1. The number of nitrogens with one attached hydrogen (secondary N) is 1. The van der Waals surface area contributed by atoms with Crippen LogP contribution in [0.2, 0.25) is 0 Å². The van der Waals surface area contributed by atoms with Crippen molar-refractivity contribution in [3.63, 3.8) is 0 Å². The molecule has 1 rings (SSSR count). The van der Waals surface area contributed by atoms with E-state index in [0.717, 1.165) is 25.9 Å². The molecule has 0 aromatic heterocycles. The summed E-state index contributed by atoms with van der Waals surface area (Å²) in [5.41, 5.74) is 0. The van der Waals surface area contributed by atoms with Crippen molar-refractivity contribution in [3.8, 4) is 5.75 Å². The summed E-state index contributed by atoms with van der Waals surface area (Å²) in [6.07, 6.45) is 10.6. The molecular formula is C20H33NO5S. The maximum Gasteiger partial charge on any atom is 0.311 e. The van der Waals surface area contributed by atoms with Crippen molar-refractivity contribution in [2.45, 2.75) is 76.0 Å². The van der Waals surface area contributed by atoms with Gasteiger partial charge in [0.25, 0.3) is 10.1 Å². The standard InChI is InChI=1S/C20H33NO5S/c1-2-3-4-5-6-11-16-21-17-12-7-8-15-20(22)26-18-13-9-10-14-19(18)27(23,24)25/h9-10,13-14,21H,2-8,11-12,15-17H2,1H3,(H,23,24,25). The third-order valence-electron chi connectivity index (χ3n) is 4.29. The Morgan fingerprint density at radius 2 is 1.56 bits per heavy atom. The minimum atomic E-state index is -4.41. The molecule has 0 spiro atoms. The summed E-state index contributed by atoms with van der Waals surface area (Å²) < 4.78 is 36.8. The zero-order valence-corrected chi connectivity index (χ0v) is 17.1. The van der Waals surface area contributed by atoms with Gasteiger partial charge in [0.15, 0.2) is 5.75 Å². The van der Waals surface area contributed by atoms with Crippen LogP contribution >= 0.6 is 0 Å². The van der Waals surface area contributed by atoms with Gasteiger partial charge in [0.1, 0.15) is 4.90 Å². The second-order valence-corrected chi connectivity index (χ2v) is 8.11. The first-order valence-corrected chi connectivity index (χ1v) is 11.4. The van der Waals surface area contributed by atoms with E-state index in [9.17, 15) is 13.2 Å². The summed E-state index contributed by atoms with van der Waals surface area (Å²) in [5.74, 6) is -0.628. The van der Waals surface area contributed by atoms with E-state index in [1.165, 1.54) is 56.7 Å². The van der Waals surface area contributed by atoms with Gasteiger partial charge in [0, 0.05) is 6.42 Å². The number of unbranched alkanes of at least 4 members (excludes halogenated alkanes) is 7. The van der Waals surface area contributed by atoms with E-state index in [1.807, 2.05) is 0 Å². The highest BCUT2D eigenvalue weighted by Gasteiger charge is 2.18. The Kier molecular flexibility index (Phi) is 12.0. The zero-order chi connectivity index (χ0) is 20.0. The number of hydrogen-bond acceptors (Lipinski definition) is 5. The molecule has 0 amide bonds. The van der Waals surface area contributed by atoms with Crippen molar-refractivity contribution >= 4 is 16.1 Å². The van der Waals surface area contributed by atoms with Crippen molar-refractivity contribution in [1.29, 1.82) is 0 Å². The van der Waals surface area contributed by atoms with Crippen molar-refractivity contribution in [3.05, 3.63) is 24.3 Å². The van der Waals surface area contributed by atoms with Crippen molar-refractivity contribution in [2.75, 3.05) is 13.1 Å². The van der Waals surface area contributed by atoms with Gasteiger partial charge in [-0.3, -0.25) is 9.35 Å². The predicted octanol–water partition coefficient (Wildman–Crippen LogP) is 4.35. The summed E-state index contributed by atoms with van der Waals surface area (Å²) in [6, 6.07) is 5.56. The summed E-state index contributed by atoms with van der Waals surface area (Å²) in [6.45, 7) is 4.20. The highest BCUT2D eigenvalue weighted by molar-refractivity contribution is 7.86. The van der Waals surface area contributed by atoms with Gasteiger partial charge >= 0.3 is 5.97 Å². The van der Waals surface area contributed by atoms with Crippen LogP contribution in [0.5, 0.6) is 5.75 Å². The van der Waals surface area contributed by atoms with E-state index in [4.69, 9.17) is 9.29 Å². The second kappa shape index (κ2) is 13.7. The maximum atomic E-state index is 11.9. The lowest BCUT2D eigenvalue weighted by Gasteiger charge is -2.08. The first-order valence-electron chi connectivity index (χ1n) is 9.93. The van der Waals surface area contributed by atoms with Gasteiger partial charge in [-0.05, 0) is 44.5 Å². The highest BCUT2D eigenvalue weighted by atomic mass is 32.2. The Bertz CT molecular complexity index is 646. The lowest BCUT2D eigenvalue weighted by molar-refractivity contribution is -0.134. The van der Waals surface area contributed by atoms with Crippen LogP contribution < -0.4 is 10.1 Å². The number of rotatable bonds is 15. The average Bonchev–Trinajstić information content (AvgIpc) is 2.62. The SMILES string of the molecule is CCCCCCCCNCCCCCC(=O)Oc1ccccc1S(=O)(=O)O. The van der Waals surface area contributed by atoms with Gasteiger partial charge in [0.2, 0.25) is 0 Å². The fraction of sp³-hybridized carbons (Fsp3) is 0.650. The number of ether oxygens (including phenoxy) is 1. The molecule has 7 heteroatoms. The van der Waals surface area contributed by atoms with Gasteiger partial charge in [-0.25, -0.2) is 0 Å². The largest absolute Gasteiger partial charge is 0.425 e. The number of esters is 1. The normalized spacial score (nSPS) is 11.5. The van der Waals surface area contributed by atoms with Crippen LogP contribution in [0.4, 0.5) is 0 Å². The van der Waals surface area contributed by atoms with Crippen LogP contribution in [0.3, 0.4) is 0 Å². The average molecular weight is 400 g/mol. The van der Waals surface area contributed by atoms with Gasteiger partial charge in [-0.1, -0.05) is 57.6 Å². The Morgan fingerprint density at radius 3 is 2.22 bits per heavy atom. The van der Waals surface area contributed by atoms with E-state index >= 15 is 0 Å². The molecule has 0 saturated carbocycles. The van der Waals surface area contributed by atoms with Crippen molar-refractivity contribution in [1.82, 2.24) is 5.32 Å². The third kappa shape index (κ3) is 11.1. The Morgan fingerprint density at radius 1 is 0.963 bits per heavy atom. The van der Waals surface area contributed by atoms with Gasteiger partial charge < -0.3 is 10.1 Å². The van der Waals surface area contributed by atoms with Crippen LogP contribution in [0.1, 0.15) is 71.1 Å². The zero-order valence-electron chi connectivity index (χ0n) is 16.3. The monoisotopic (exact) mass is 399 g/mol. The minimum absolute atomic E-state index is 0.134. The van der Waals surface area contributed by atoms with E-state index in [2.05, 4.69) is 12.2 Å². The molecule has 0 saturated heterocycles. The third-order valence-corrected chi connectivity index (χ3v) is 5.19. The molecule has 1 aromatic rings. The molecule has 2 N–H and O–H groups in total. The highest BCUT2D eigenvalue weighted by Crippen LogP contribution is 2.23. The summed E-state index contributed by atoms with van der Waals surface area (Å²) in [4.78, 5) is 11.5. The van der Waals surface area contributed by atoms with Crippen molar-refractivity contribution in [2.24, 2.45) is 0 Å². The van der Waals surface area contributed by atoms with Crippen molar-refractivity contribution < 1.29 is 22.5 Å². The van der Waals surface area contributed by atoms with Crippen LogP contribution in [-0.2, 0) is 14.9 Å². The van der Waals surface area contributed by atoms with E-state index in [0.29, 0.717) is 6.42 Å². The van der Waals surface area contributed by atoms with Crippen LogP contribution in [0.15, 0.2) is 29.2 Å². The molecule has 0 atom stereocenters. The Balaban J connectivity index is 2.09. The fourth-order valence-electron chi connectivity index (χ4n) is 2.77. The number of carbonyl (C=O) groups is 1. The topological polar surface area (TPSA) is 92.7 Å².